The molecule has 8 heteroatoms. The Labute approximate surface area is 235 Å². The number of aromatic hydroxyl groups is 2. The van der Waals surface area contributed by atoms with E-state index in [-0.39, 0.29) is 45.2 Å². The number of benzene rings is 5. The molecule has 0 unspecified atom stereocenters. The third kappa shape index (κ3) is 3.33. The SMILES string of the molecule is COc1c(O)c2c(=O)cc(OC)c3c4c(OC)cc(=O)c5c(O)c(NC6CCCCC6)c6c(c(c1CC(C)=C6)c23)c54. The van der Waals surface area contributed by atoms with Crippen molar-refractivity contribution in [2.24, 2.45) is 0 Å². The summed E-state index contributed by atoms with van der Waals surface area (Å²) in [4.78, 5) is 27.3. The lowest BCUT2D eigenvalue weighted by Crippen LogP contribution is -2.23. The molecule has 2 aliphatic rings. The molecular formula is C33H31NO7. The van der Waals surface area contributed by atoms with Crippen LogP contribution in [-0.4, -0.2) is 37.6 Å². The Kier molecular flexibility index (Phi) is 5.61. The van der Waals surface area contributed by atoms with Crippen molar-refractivity contribution in [3.8, 4) is 28.7 Å². The summed E-state index contributed by atoms with van der Waals surface area (Å²) in [7, 11) is 4.44. The summed E-state index contributed by atoms with van der Waals surface area (Å²) in [6.45, 7) is 1.99. The summed E-state index contributed by atoms with van der Waals surface area (Å²) >= 11 is 0. The Balaban J connectivity index is 1.85. The largest absolute Gasteiger partial charge is 0.505 e. The van der Waals surface area contributed by atoms with Crippen molar-refractivity contribution < 1.29 is 24.4 Å². The Morgan fingerprint density at radius 2 is 1.32 bits per heavy atom. The van der Waals surface area contributed by atoms with Crippen molar-refractivity contribution in [3.05, 3.63) is 49.3 Å². The summed E-state index contributed by atoms with van der Waals surface area (Å²) in [6, 6.07) is 2.86. The lowest BCUT2D eigenvalue weighted by molar-refractivity contribution is 0.373. The van der Waals surface area contributed by atoms with E-state index in [0.717, 1.165) is 36.8 Å². The topological polar surface area (TPSA) is 114 Å². The van der Waals surface area contributed by atoms with Gasteiger partial charge in [0, 0.05) is 56.2 Å². The molecule has 3 N–H and O–H groups in total. The summed E-state index contributed by atoms with van der Waals surface area (Å²) < 4.78 is 17.3. The average molecular weight is 554 g/mol. The zero-order valence-corrected chi connectivity index (χ0v) is 23.5. The van der Waals surface area contributed by atoms with Crippen molar-refractivity contribution in [2.75, 3.05) is 26.6 Å². The molecule has 5 aromatic rings. The Hall–Kier alpha value is -4.46. The lowest BCUT2D eigenvalue weighted by atomic mass is 9.83. The normalized spacial score (nSPS) is 15.7. The van der Waals surface area contributed by atoms with Crippen LogP contribution in [0.2, 0.25) is 0 Å². The van der Waals surface area contributed by atoms with E-state index in [1.54, 1.807) is 0 Å². The van der Waals surface area contributed by atoms with E-state index < -0.39 is 5.43 Å². The highest BCUT2D eigenvalue weighted by Crippen LogP contribution is 2.56. The monoisotopic (exact) mass is 553 g/mol. The number of nitrogens with one attached hydrogen (secondary N) is 1. The van der Waals surface area contributed by atoms with E-state index in [1.807, 2.05) is 13.0 Å². The Morgan fingerprint density at radius 3 is 1.90 bits per heavy atom. The van der Waals surface area contributed by atoms with Crippen LogP contribution in [0.1, 0.15) is 50.2 Å². The Bertz CT molecular complexity index is 2060. The summed E-state index contributed by atoms with van der Waals surface area (Å²) in [6.07, 6.45) is 7.75. The summed E-state index contributed by atoms with van der Waals surface area (Å²) in [5.41, 5.74) is 2.13. The molecule has 0 saturated heterocycles. The van der Waals surface area contributed by atoms with Crippen LogP contribution >= 0.6 is 0 Å². The maximum Gasteiger partial charge on any atom is 0.194 e. The van der Waals surface area contributed by atoms with Gasteiger partial charge < -0.3 is 29.7 Å². The van der Waals surface area contributed by atoms with E-state index in [4.69, 9.17) is 14.2 Å². The highest BCUT2D eigenvalue weighted by molar-refractivity contribution is 6.39. The van der Waals surface area contributed by atoms with Gasteiger partial charge in [-0.15, -0.1) is 0 Å². The van der Waals surface area contributed by atoms with Crippen LogP contribution in [0, 0.1) is 0 Å². The maximum absolute atomic E-state index is 13.7. The van der Waals surface area contributed by atoms with Gasteiger partial charge in [-0.2, -0.15) is 0 Å². The van der Waals surface area contributed by atoms with Crippen molar-refractivity contribution in [3.63, 3.8) is 0 Å². The van der Waals surface area contributed by atoms with Gasteiger partial charge in [0.1, 0.15) is 11.5 Å². The standard InChI is InChI=1S/C33H31NO7/c1-14-10-16-22-23-17(11-14)33(41-4)32(38)25-19(36)13-21(40-3)27(29(23)25)26-20(39-2)12-18(35)24(28(22)26)31(37)30(16)34-15-8-6-5-7-9-15/h10,12-13,15,34,37-38H,5-9,11H2,1-4H3. The van der Waals surface area contributed by atoms with E-state index in [9.17, 15) is 19.8 Å². The van der Waals surface area contributed by atoms with Gasteiger partial charge in [-0.1, -0.05) is 30.9 Å². The first-order chi connectivity index (χ1) is 19.8. The zero-order chi connectivity index (χ0) is 28.7. The first-order valence-corrected chi connectivity index (χ1v) is 14.0. The minimum absolute atomic E-state index is 0.101. The quantitative estimate of drug-likeness (QED) is 0.137. The van der Waals surface area contributed by atoms with Crippen LogP contribution in [0.3, 0.4) is 0 Å². The molecule has 0 atom stereocenters. The number of allylic oxidation sites excluding steroid dienone is 1. The number of hydrogen-bond acceptors (Lipinski definition) is 8. The number of hydrogen-bond donors (Lipinski definition) is 3. The van der Waals surface area contributed by atoms with Gasteiger partial charge in [0.05, 0.1) is 37.8 Å². The number of methoxy groups -OCH3 is 3. The van der Waals surface area contributed by atoms with Gasteiger partial charge in [-0.25, -0.2) is 0 Å². The molecule has 0 aromatic heterocycles. The molecule has 0 amide bonds. The molecule has 1 saturated carbocycles. The highest BCUT2D eigenvalue weighted by atomic mass is 16.5. The fourth-order valence-electron chi connectivity index (χ4n) is 7.33. The fourth-order valence-corrected chi connectivity index (χ4v) is 7.33. The smallest absolute Gasteiger partial charge is 0.194 e. The van der Waals surface area contributed by atoms with Crippen molar-refractivity contribution in [2.45, 2.75) is 51.5 Å². The van der Waals surface area contributed by atoms with Gasteiger partial charge in [-0.05, 0) is 31.6 Å². The van der Waals surface area contributed by atoms with Crippen molar-refractivity contribution in [1.82, 2.24) is 0 Å². The maximum atomic E-state index is 13.7. The zero-order valence-electron chi connectivity index (χ0n) is 23.5. The minimum Gasteiger partial charge on any atom is -0.505 e. The van der Waals surface area contributed by atoms with Gasteiger partial charge in [0.25, 0.3) is 0 Å². The summed E-state index contributed by atoms with van der Waals surface area (Å²) in [5, 5.41) is 30.8. The number of fused-ring (bicyclic) bond motifs is 1. The number of anilines is 1. The van der Waals surface area contributed by atoms with Gasteiger partial charge in [0.15, 0.2) is 28.1 Å². The van der Waals surface area contributed by atoms with Crippen molar-refractivity contribution in [1.29, 1.82) is 0 Å². The predicted octanol–water partition coefficient (Wildman–Crippen LogP) is 6.04. The molecule has 0 spiro atoms. The highest BCUT2D eigenvalue weighted by Gasteiger charge is 2.33. The first kappa shape index (κ1) is 25.5. The number of ether oxygens (including phenoxy) is 3. The Morgan fingerprint density at radius 1 is 0.732 bits per heavy atom. The molecule has 0 heterocycles. The van der Waals surface area contributed by atoms with Crippen molar-refractivity contribution >= 4 is 54.9 Å². The first-order valence-electron chi connectivity index (χ1n) is 14.0. The number of phenols is 2. The van der Waals surface area contributed by atoms with E-state index in [2.05, 4.69) is 5.32 Å². The fraction of sp³-hybridized carbons (Fsp3) is 0.333. The number of rotatable bonds is 5. The summed E-state index contributed by atoms with van der Waals surface area (Å²) in [5.74, 6) is 0.471. The molecule has 7 rings (SSSR count). The molecule has 5 aromatic carbocycles. The molecule has 41 heavy (non-hydrogen) atoms. The molecular weight excluding hydrogens is 522 g/mol. The van der Waals surface area contributed by atoms with E-state index >= 15 is 0 Å². The van der Waals surface area contributed by atoms with E-state index in [1.165, 1.54) is 39.9 Å². The predicted molar refractivity (Wildman–Crippen MR) is 162 cm³/mol. The van der Waals surface area contributed by atoms with Crippen LogP contribution in [-0.2, 0) is 6.42 Å². The van der Waals surface area contributed by atoms with E-state index in [0.29, 0.717) is 55.7 Å². The minimum atomic E-state index is -0.409. The molecule has 0 aliphatic heterocycles. The third-order valence-electron chi connectivity index (χ3n) is 8.99. The lowest BCUT2D eigenvalue weighted by Gasteiger charge is -2.27. The molecule has 2 aliphatic carbocycles. The second-order valence-electron chi connectivity index (χ2n) is 11.3. The molecule has 8 nitrogen and oxygen atoms in total. The molecule has 0 radical (unpaired) electrons. The van der Waals surface area contributed by atoms with Gasteiger partial charge >= 0.3 is 0 Å². The molecule has 0 bridgehead atoms. The van der Waals surface area contributed by atoms with Gasteiger partial charge in [0.2, 0.25) is 0 Å². The van der Waals surface area contributed by atoms with Crippen LogP contribution in [0.15, 0.2) is 27.3 Å². The van der Waals surface area contributed by atoms with Gasteiger partial charge in [-0.3, -0.25) is 9.59 Å². The second-order valence-corrected chi connectivity index (χ2v) is 11.3. The van der Waals surface area contributed by atoms with Crippen LogP contribution in [0.4, 0.5) is 5.69 Å². The third-order valence-corrected chi connectivity index (χ3v) is 8.99. The number of phenolic OH excluding ortho intramolecular Hbond substituents is 2. The van der Waals surface area contributed by atoms with Crippen LogP contribution < -0.4 is 30.4 Å². The average Bonchev–Trinajstić information content (AvgIpc) is 3.11. The second kappa shape index (κ2) is 9.03. The van der Waals surface area contributed by atoms with Crippen LogP contribution in [0.25, 0.3) is 49.2 Å². The molecule has 210 valence electrons. The molecule has 1 fully saturated rings. The van der Waals surface area contributed by atoms with Crippen LogP contribution in [0.5, 0.6) is 28.7 Å².